The molecule has 0 bridgehead atoms. The van der Waals surface area contributed by atoms with Crippen LogP contribution >= 0.6 is 0 Å². The Bertz CT molecular complexity index is 954. The lowest BCUT2D eigenvalue weighted by Gasteiger charge is -2.15. The molecule has 1 amide bonds. The van der Waals surface area contributed by atoms with Crippen LogP contribution in [-0.4, -0.2) is 32.8 Å². The molecule has 2 N–H and O–H groups in total. The van der Waals surface area contributed by atoms with Gasteiger partial charge in [-0.25, -0.2) is 9.48 Å². The number of aryl methyl sites for hydroxylation is 1. The summed E-state index contributed by atoms with van der Waals surface area (Å²) in [5.41, 5.74) is -2.07. The van der Waals surface area contributed by atoms with Gasteiger partial charge in [-0.2, -0.15) is 18.3 Å². The third-order valence-corrected chi connectivity index (χ3v) is 3.92. The van der Waals surface area contributed by atoms with Crippen LogP contribution < -0.4 is 10.7 Å². The number of rotatable bonds is 6. The fourth-order valence-electron chi connectivity index (χ4n) is 2.55. The van der Waals surface area contributed by atoms with Crippen LogP contribution in [0, 0.1) is 6.92 Å². The van der Waals surface area contributed by atoms with Gasteiger partial charge in [-0.05, 0) is 31.5 Å². The molecule has 0 saturated carbocycles. The molecule has 0 aliphatic heterocycles. The van der Waals surface area contributed by atoms with Crippen LogP contribution in [0.5, 0.6) is 0 Å². The highest BCUT2D eigenvalue weighted by Crippen LogP contribution is 2.30. The van der Waals surface area contributed by atoms with E-state index in [-0.39, 0.29) is 17.8 Å². The van der Waals surface area contributed by atoms with E-state index < -0.39 is 40.8 Å². The van der Waals surface area contributed by atoms with Gasteiger partial charge in [-0.15, -0.1) is 0 Å². The van der Waals surface area contributed by atoms with Crippen molar-refractivity contribution in [1.29, 1.82) is 0 Å². The Morgan fingerprint density at radius 1 is 1.29 bits per heavy atom. The Balaban J connectivity index is 2.47. The van der Waals surface area contributed by atoms with Crippen molar-refractivity contribution in [3.63, 3.8) is 0 Å². The number of carbonyl (C=O) groups is 2. The molecule has 0 aliphatic rings. The molecule has 10 heteroatoms. The lowest BCUT2D eigenvalue weighted by molar-refractivity contribution is -0.139. The van der Waals surface area contributed by atoms with E-state index in [1.54, 1.807) is 6.92 Å². The number of nitrogens with one attached hydrogen (secondary N) is 1. The maximum atomic E-state index is 12.9. The Morgan fingerprint density at radius 3 is 2.54 bits per heavy atom. The monoisotopic (exact) mass is 397 g/mol. The minimum atomic E-state index is -4.57. The van der Waals surface area contributed by atoms with Crippen molar-refractivity contribution in [2.45, 2.75) is 38.9 Å². The molecule has 7 nitrogen and oxygen atoms in total. The van der Waals surface area contributed by atoms with Crippen LogP contribution in [0.1, 0.15) is 41.5 Å². The lowest BCUT2D eigenvalue weighted by Crippen LogP contribution is -2.43. The summed E-state index contributed by atoms with van der Waals surface area (Å²) in [6.07, 6.45) is -3.94. The molecule has 2 aromatic rings. The summed E-state index contributed by atoms with van der Waals surface area (Å²) >= 11 is 0. The van der Waals surface area contributed by atoms with Gasteiger partial charge in [0.25, 0.3) is 5.91 Å². The van der Waals surface area contributed by atoms with Gasteiger partial charge in [0.05, 0.1) is 11.3 Å². The normalized spacial score (nSPS) is 12.5. The maximum Gasteiger partial charge on any atom is 0.416 e. The maximum absolute atomic E-state index is 12.9. The SMILES string of the molecule is CCCC(NC(=O)c1nn(-c2cccc(C(F)(F)F)c2)c(C)cc1=O)C(=O)O. The number of carbonyl (C=O) groups excluding carboxylic acids is 1. The van der Waals surface area contributed by atoms with Gasteiger partial charge in [0.15, 0.2) is 5.69 Å². The average molecular weight is 397 g/mol. The second kappa shape index (κ2) is 8.24. The van der Waals surface area contributed by atoms with E-state index >= 15 is 0 Å². The first kappa shape index (κ1) is 21.1. The predicted molar refractivity (Wildman–Crippen MR) is 93.4 cm³/mol. The Kier molecular flexibility index (Phi) is 6.22. The third kappa shape index (κ3) is 4.76. The number of benzene rings is 1. The zero-order valence-corrected chi connectivity index (χ0v) is 15.1. The summed E-state index contributed by atoms with van der Waals surface area (Å²) in [4.78, 5) is 35.7. The van der Waals surface area contributed by atoms with Crippen LogP contribution in [0.2, 0.25) is 0 Å². The summed E-state index contributed by atoms with van der Waals surface area (Å²) in [6.45, 7) is 3.18. The van der Waals surface area contributed by atoms with Crippen molar-refractivity contribution in [2.24, 2.45) is 0 Å². The number of hydrogen-bond donors (Lipinski definition) is 2. The number of hydrogen-bond acceptors (Lipinski definition) is 4. The van der Waals surface area contributed by atoms with Crippen molar-refractivity contribution >= 4 is 11.9 Å². The lowest BCUT2D eigenvalue weighted by atomic mass is 10.1. The predicted octanol–water partition coefficient (Wildman–Crippen LogP) is 2.54. The average Bonchev–Trinajstić information content (AvgIpc) is 2.60. The Hall–Kier alpha value is -3.17. The van der Waals surface area contributed by atoms with Gasteiger partial charge in [-0.3, -0.25) is 9.59 Å². The van der Waals surface area contributed by atoms with Gasteiger partial charge < -0.3 is 10.4 Å². The van der Waals surface area contributed by atoms with Crippen LogP contribution in [0.4, 0.5) is 13.2 Å². The molecule has 0 spiro atoms. The molecule has 1 aromatic heterocycles. The smallest absolute Gasteiger partial charge is 0.416 e. The second-order valence-electron chi connectivity index (χ2n) is 6.11. The number of halogens is 3. The first-order valence-electron chi connectivity index (χ1n) is 8.37. The number of carboxylic acid groups (broad SMARTS) is 1. The highest BCUT2D eigenvalue weighted by atomic mass is 19.4. The highest BCUT2D eigenvalue weighted by Gasteiger charge is 2.31. The van der Waals surface area contributed by atoms with Gasteiger partial charge >= 0.3 is 12.1 Å². The molecule has 1 aromatic carbocycles. The third-order valence-electron chi connectivity index (χ3n) is 3.92. The Labute approximate surface area is 157 Å². The largest absolute Gasteiger partial charge is 0.480 e. The van der Waals surface area contributed by atoms with E-state index in [1.165, 1.54) is 19.1 Å². The number of nitrogens with zero attached hydrogens (tertiary/aromatic N) is 2. The molecular formula is C18H18F3N3O4. The molecule has 1 atom stereocenters. The van der Waals surface area contributed by atoms with Gasteiger partial charge in [0, 0.05) is 11.8 Å². The fourth-order valence-corrected chi connectivity index (χ4v) is 2.55. The number of carboxylic acids is 1. The highest BCUT2D eigenvalue weighted by molar-refractivity contribution is 5.94. The Morgan fingerprint density at radius 2 is 1.96 bits per heavy atom. The first-order valence-corrected chi connectivity index (χ1v) is 8.37. The summed E-state index contributed by atoms with van der Waals surface area (Å²) in [5, 5.41) is 15.2. The topological polar surface area (TPSA) is 101 Å². The van der Waals surface area contributed by atoms with E-state index in [0.29, 0.717) is 6.42 Å². The standard InChI is InChI=1S/C18H18F3N3O4/c1-3-5-13(17(27)28)22-16(26)15-14(25)8-10(2)24(23-15)12-7-4-6-11(9-12)18(19,20)21/h4,6-9,13H,3,5H2,1-2H3,(H,22,26)(H,27,28). The number of amides is 1. The molecule has 0 fully saturated rings. The summed E-state index contributed by atoms with van der Waals surface area (Å²) in [6, 6.07) is 4.09. The van der Waals surface area contributed by atoms with Crippen LogP contribution in [0.3, 0.4) is 0 Å². The summed E-state index contributed by atoms with van der Waals surface area (Å²) in [5.74, 6) is -2.27. The minimum absolute atomic E-state index is 0.00437. The van der Waals surface area contributed by atoms with Crippen LogP contribution in [0.25, 0.3) is 5.69 Å². The first-order chi connectivity index (χ1) is 13.0. The number of aliphatic carboxylic acids is 1. The van der Waals surface area contributed by atoms with E-state index in [1.807, 2.05) is 0 Å². The van der Waals surface area contributed by atoms with Crippen molar-refractivity contribution in [3.05, 3.63) is 57.5 Å². The van der Waals surface area contributed by atoms with Crippen LogP contribution in [-0.2, 0) is 11.0 Å². The van der Waals surface area contributed by atoms with E-state index in [2.05, 4.69) is 10.4 Å². The molecule has 1 unspecified atom stereocenters. The van der Waals surface area contributed by atoms with Gasteiger partial charge in [0.2, 0.25) is 5.43 Å². The molecular weight excluding hydrogens is 379 g/mol. The van der Waals surface area contributed by atoms with E-state index in [4.69, 9.17) is 5.11 Å². The second-order valence-corrected chi connectivity index (χ2v) is 6.11. The number of alkyl halides is 3. The molecule has 0 saturated heterocycles. The summed E-state index contributed by atoms with van der Waals surface area (Å²) < 4.78 is 39.9. The van der Waals surface area contributed by atoms with Crippen molar-refractivity contribution in [2.75, 3.05) is 0 Å². The molecule has 0 aliphatic carbocycles. The molecule has 0 radical (unpaired) electrons. The van der Waals surface area contributed by atoms with Gasteiger partial charge in [-0.1, -0.05) is 19.4 Å². The zero-order valence-electron chi connectivity index (χ0n) is 15.1. The van der Waals surface area contributed by atoms with Crippen LogP contribution in [0.15, 0.2) is 35.1 Å². The molecule has 28 heavy (non-hydrogen) atoms. The van der Waals surface area contributed by atoms with E-state index in [9.17, 15) is 27.6 Å². The van der Waals surface area contributed by atoms with Crippen molar-refractivity contribution in [3.8, 4) is 5.69 Å². The van der Waals surface area contributed by atoms with E-state index in [0.717, 1.165) is 22.9 Å². The zero-order chi connectivity index (χ0) is 21.1. The molecule has 150 valence electrons. The van der Waals surface area contributed by atoms with Gasteiger partial charge in [0.1, 0.15) is 6.04 Å². The summed E-state index contributed by atoms with van der Waals surface area (Å²) in [7, 11) is 0. The van der Waals surface area contributed by atoms with Crippen molar-refractivity contribution in [1.82, 2.24) is 15.1 Å². The quantitative estimate of drug-likeness (QED) is 0.780. The molecule has 2 rings (SSSR count). The minimum Gasteiger partial charge on any atom is -0.480 e. The molecule has 1 heterocycles. The van der Waals surface area contributed by atoms with Crippen molar-refractivity contribution < 1.29 is 27.9 Å². The number of aromatic nitrogens is 2. The fraction of sp³-hybridized carbons (Fsp3) is 0.333.